The maximum Gasteiger partial charge on any atom is 0.161 e. The molecule has 0 saturated heterocycles. The van der Waals surface area contributed by atoms with Crippen LogP contribution in [0.25, 0.3) is 0 Å². The highest BCUT2D eigenvalue weighted by atomic mass is 79.9. The predicted octanol–water partition coefficient (Wildman–Crippen LogP) is 2.48. The molecule has 1 aromatic rings. The molecule has 3 heteroatoms. The lowest BCUT2D eigenvalue weighted by atomic mass is 10.1. The van der Waals surface area contributed by atoms with Gasteiger partial charge >= 0.3 is 0 Å². The van der Waals surface area contributed by atoms with Crippen molar-refractivity contribution in [3.05, 3.63) is 21.7 Å². The van der Waals surface area contributed by atoms with Crippen LogP contribution in [0.5, 0.6) is 11.5 Å². The number of benzene rings is 1. The lowest BCUT2D eigenvalue weighted by Gasteiger charge is -2.06. The molecule has 0 bridgehead atoms. The highest BCUT2D eigenvalue weighted by Crippen LogP contribution is 2.35. The fourth-order valence-electron chi connectivity index (χ4n) is 0.929. The van der Waals surface area contributed by atoms with Crippen LogP contribution < -0.4 is 0 Å². The second-order valence-electron chi connectivity index (χ2n) is 2.50. The Kier molecular flexibility index (Phi) is 2.09. The molecule has 0 aromatic heterocycles. The molecule has 0 atom stereocenters. The van der Waals surface area contributed by atoms with Crippen molar-refractivity contribution in [3.8, 4) is 11.5 Å². The molecule has 0 aliphatic carbocycles. The van der Waals surface area contributed by atoms with Gasteiger partial charge in [0.25, 0.3) is 0 Å². The fourth-order valence-corrected chi connectivity index (χ4v) is 1.23. The Labute approximate surface area is 73.6 Å². The lowest BCUT2D eigenvalue weighted by molar-refractivity contribution is 0.400. The zero-order valence-corrected chi connectivity index (χ0v) is 7.94. The van der Waals surface area contributed by atoms with Crippen LogP contribution in [0.15, 0.2) is 10.5 Å². The van der Waals surface area contributed by atoms with Gasteiger partial charge in [0.15, 0.2) is 11.5 Å². The van der Waals surface area contributed by atoms with Crippen molar-refractivity contribution in [3.63, 3.8) is 0 Å². The van der Waals surface area contributed by atoms with Crippen LogP contribution in [-0.2, 0) is 0 Å². The van der Waals surface area contributed by atoms with E-state index >= 15 is 0 Å². The molecule has 0 aliphatic rings. The van der Waals surface area contributed by atoms with Gasteiger partial charge in [-0.25, -0.2) is 0 Å². The van der Waals surface area contributed by atoms with E-state index in [1.165, 1.54) is 6.07 Å². The summed E-state index contributed by atoms with van der Waals surface area (Å²) in [5.74, 6) is -0.120. The van der Waals surface area contributed by atoms with E-state index in [-0.39, 0.29) is 11.5 Å². The Balaban J connectivity index is 3.46. The van der Waals surface area contributed by atoms with Gasteiger partial charge in [-0.1, -0.05) is 15.9 Å². The molecule has 0 amide bonds. The van der Waals surface area contributed by atoms with E-state index in [1.807, 2.05) is 6.92 Å². The molecule has 0 saturated carbocycles. The van der Waals surface area contributed by atoms with Gasteiger partial charge in [0.05, 0.1) is 0 Å². The van der Waals surface area contributed by atoms with Gasteiger partial charge in [-0.05, 0) is 25.5 Å². The second-order valence-corrected chi connectivity index (χ2v) is 3.29. The number of halogens is 1. The Morgan fingerprint density at radius 2 is 1.82 bits per heavy atom. The Morgan fingerprint density at radius 1 is 1.27 bits per heavy atom. The first kappa shape index (κ1) is 8.40. The summed E-state index contributed by atoms with van der Waals surface area (Å²) in [5.41, 5.74) is 1.58. The minimum atomic E-state index is -0.0665. The van der Waals surface area contributed by atoms with Gasteiger partial charge in [0.1, 0.15) is 0 Å². The molecule has 2 nitrogen and oxygen atoms in total. The van der Waals surface area contributed by atoms with E-state index in [0.717, 1.165) is 10.0 Å². The summed E-state index contributed by atoms with van der Waals surface area (Å²) >= 11 is 3.29. The minimum Gasteiger partial charge on any atom is -0.504 e. The van der Waals surface area contributed by atoms with E-state index in [9.17, 15) is 5.11 Å². The third-order valence-corrected chi connectivity index (χ3v) is 2.85. The van der Waals surface area contributed by atoms with E-state index in [0.29, 0.717) is 5.56 Å². The van der Waals surface area contributed by atoms with Crippen LogP contribution in [0.2, 0.25) is 0 Å². The van der Waals surface area contributed by atoms with Gasteiger partial charge < -0.3 is 10.2 Å². The van der Waals surface area contributed by atoms with Gasteiger partial charge in [-0.3, -0.25) is 0 Å². The third-order valence-electron chi connectivity index (χ3n) is 1.63. The summed E-state index contributed by atoms with van der Waals surface area (Å²) in [5, 5.41) is 18.4. The number of rotatable bonds is 0. The zero-order chi connectivity index (χ0) is 8.59. The summed E-state index contributed by atoms with van der Waals surface area (Å²) < 4.78 is 0.841. The molecule has 0 spiro atoms. The van der Waals surface area contributed by atoms with Gasteiger partial charge in [-0.15, -0.1) is 0 Å². The average molecular weight is 217 g/mol. The zero-order valence-electron chi connectivity index (χ0n) is 6.35. The van der Waals surface area contributed by atoms with Crippen LogP contribution in [0, 0.1) is 13.8 Å². The van der Waals surface area contributed by atoms with E-state index in [4.69, 9.17) is 5.11 Å². The number of aromatic hydroxyl groups is 2. The molecule has 0 unspecified atom stereocenters. The molecule has 0 aliphatic heterocycles. The summed E-state index contributed by atoms with van der Waals surface area (Å²) in [4.78, 5) is 0. The highest BCUT2D eigenvalue weighted by molar-refractivity contribution is 9.10. The summed E-state index contributed by atoms with van der Waals surface area (Å²) in [7, 11) is 0. The first-order valence-corrected chi connectivity index (χ1v) is 4.01. The van der Waals surface area contributed by atoms with Gasteiger partial charge in [0, 0.05) is 10.0 Å². The van der Waals surface area contributed by atoms with Crippen LogP contribution >= 0.6 is 15.9 Å². The minimum absolute atomic E-state index is 0.0533. The maximum atomic E-state index is 9.23. The van der Waals surface area contributed by atoms with Crippen molar-refractivity contribution < 1.29 is 10.2 Å². The van der Waals surface area contributed by atoms with Crippen molar-refractivity contribution in [1.29, 1.82) is 0 Å². The van der Waals surface area contributed by atoms with Crippen molar-refractivity contribution >= 4 is 15.9 Å². The van der Waals surface area contributed by atoms with E-state index in [2.05, 4.69) is 15.9 Å². The summed E-state index contributed by atoms with van der Waals surface area (Å²) in [6.07, 6.45) is 0. The van der Waals surface area contributed by atoms with Crippen molar-refractivity contribution in [2.45, 2.75) is 13.8 Å². The third kappa shape index (κ3) is 1.33. The van der Waals surface area contributed by atoms with Crippen LogP contribution in [0.3, 0.4) is 0 Å². The van der Waals surface area contributed by atoms with Crippen LogP contribution in [-0.4, -0.2) is 10.2 Å². The van der Waals surface area contributed by atoms with E-state index in [1.54, 1.807) is 6.92 Å². The SMILES string of the molecule is Cc1cc(O)c(O)c(C)c1Br. The first-order valence-electron chi connectivity index (χ1n) is 3.21. The number of hydrogen-bond donors (Lipinski definition) is 2. The summed E-state index contributed by atoms with van der Waals surface area (Å²) in [6.45, 7) is 3.60. The highest BCUT2D eigenvalue weighted by Gasteiger charge is 2.08. The molecule has 0 radical (unpaired) electrons. The Hall–Kier alpha value is -0.700. The molecule has 0 heterocycles. The number of aryl methyl sites for hydroxylation is 1. The fraction of sp³-hybridized carbons (Fsp3) is 0.250. The molecular weight excluding hydrogens is 208 g/mol. The summed E-state index contributed by atoms with van der Waals surface area (Å²) in [6, 6.07) is 1.52. The molecule has 0 fully saturated rings. The predicted molar refractivity (Wildman–Crippen MR) is 46.9 cm³/mol. The monoisotopic (exact) mass is 216 g/mol. The average Bonchev–Trinajstić information content (AvgIpc) is 1.97. The molecule has 2 N–H and O–H groups in total. The standard InChI is InChI=1S/C8H9BrO2/c1-4-3-6(10)8(11)5(2)7(4)9/h3,10-11H,1-2H3. The normalized spacial score (nSPS) is 10.1. The topological polar surface area (TPSA) is 40.5 Å². The van der Waals surface area contributed by atoms with Gasteiger partial charge in [-0.2, -0.15) is 0 Å². The largest absolute Gasteiger partial charge is 0.504 e. The maximum absolute atomic E-state index is 9.23. The first-order chi connectivity index (χ1) is 5.04. The molecule has 1 aromatic carbocycles. The van der Waals surface area contributed by atoms with Crippen LogP contribution in [0.1, 0.15) is 11.1 Å². The quantitative estimate of drug-likeness (QED) is 0.655. The number of phenols is 2. The Bertz CT molecular complexity index is 268. The smallest absolute Gasteiger partial charge is 0.161 e. The van der Waals surface area contributed by atoms with Gasteiger partial charge in [0.2, 0.25) is 0 Å². The van der Waals surface area contributed by atoms with Crippen LogP contribution in [0.4, 0.5) is 0 Å². The number of phenolic OH excluding ortho intramolecular Hbond substituents is 2. The molecule has 1 rings (SSSR count). The van der Waals surface area contributed by atoms with Crippen molar-refractivity contribution in [1.82, 2.24) is 0 Å². The van der Waals surface area contributed by atoms with Crippen molar-refractivity contribution in [2.75, 3.05) is 0 Å². The molecular formula is C8H9BrO2. The van der Waals surface area contributed by atoms with Crippen molar-refractivity contribution in [2.24, 2.45) is 0 Å². The molecule has 60 valence electrons. The molecule has 11 heavy (non-hydrogen) atoms. The Morgan fingerprint density at radius 3 is 2.36 bits per heavy atom. The second kappa shape index (κ2) is 2.74. The lowest BCUT2D eigenvalue weighted by Crippen LogP contribution is -1.82. The number of hydrogen-bond acceptors (Lipinski definition) is 2. The van der Waals surface area contributed by atoms with E-state index < -0.39 is 0 Å².